The van der Waals surface area contributed by atoms with E-state index in [1.54, 1.807) is 0 Å². The Kier molecular flexibility index (Phi) is 2.09. The van der Waals surface area contributed by atoms with Crippen molar-refractivity contribution in [2.75, 3.05) is 13.1 Å². The van der Waals surface area contributed by atoms with Crippen LogP contribution in [0.3, 0.4) is 0 Å². The fourth-order valence-corrected chi connectivity index (χ4v) is 1.12. The summed E-state index contributed by atoms with van der Waals surface area (Å²) >= 11 is 0. The van der Waals surface area contributed by atoms with Crippen LogP contribution in [-0.2, 0) is 9.59 Å². The highest BCUT2D eigenvalue weighted by Crippen LogP contribution is 2.07. The molecule has 0 saturated carbocycles. The zero-order valence-corrected chi connectivity index (χ0v) is 5.99. The normalized spacial score (nSPS) is 24.3. The summed E-state index contributed by atoms with van der Waals surface area (Å²) in [6.45, 7) is 0.137. The molecule has 1 unspecified atom stereocenters. The van der Waals surface area contributed by atoms with Crippen LogP contribution in [0.4, 0.5) is 0 Å². The van der Waals surface area contributed by atoms with Gasteiger partial charge in [0.25, 0.3) is 0 Å². The summed E-state index contributed by atoms with van der Waals surface area (Å²) in [7, 11) is 0. The molecule has 5 nitrogen and oxygen atoms in total. The number of nitrogens with zero attached hydrogens (tertiary/aromatic N) is 1. The number of rotatable bonds is 2. The zero-order chi connectivity index (χ0) is 8.43. The molecule has 1 rings (SSSR count). The predicted octanol–water partition coefficient (Wildman–Crippen LogP) is -1.37. The number of carbonyl (C=O) groups is 2. The summed E-state index contributed by atoms with van der Waals surface area (Å²) in [4.78, 5) is 22.3. The second-order valence-corrected chi connectivity index (χ2v) is 2.63. The molecule has 3 N–H and O–H groups in total. The lowest BCUT2D eigenvalue weighted by molar-refractivity contribution is -0.142. The van der Waals surface area contributed by atoms with E-state index in [1.807, 2.05) is 0 Å². The first kappa shape index (κ1) is 8.00. The van der Waals surface area contributed by atoms with E-state index in [2.05, 4.69) is 0 Å². The average Bonchev–Trinajstić information content (AvgIpc) is 2.09. The van der Waals surface area contributed by atoms with E-state index < -0.39 is 5.97 Å². The van der Waals surface area contributed by atoms with Gasteiger partial charge in [0.1, 0.15) is 6.54 Å². The molecule has 0 aromatic carbocycles. The second-order valence-electron chi connectivity index (χ2n) is 2.63. The third-order valence-electron chi connectivity index (χ3n) is 1.57. The molecule has 5 heteroatoms. The van der Waals surface area contributed by atoms with Crippen LogP contribution < -0.4 is 5.73 Å². The molecule has 1 aliphatic rings. The number of nitrogens with two attached hydrogens (primary N) is 1. The zero-order valence-electron chi connectivity index (χ0n) is 5.99. The van der Waals surface area contributed by atoms with Gasteiger partial charge in [0.2, 0.25) is 5.91 Å². The summed E-state index contributed by atoms with van der Waals surface area (Å²) in [5.41, 5.74) is 5.44. The van der Waals surface area contributed by atoms with Gasteiger partial charge in [-0.15, -0.1) is 0 Å². The van der Waals surface area contributed by atoms with Gasteiger partial charge < -0.3 is 15.7 Å². The van der Waals surface area contributed by atoms with Crippen molar-refractivity contribution in [1.29, 1.82) is 0 Å². The summed E-state index contributed by atoms with van der Waals surface area (Å²) in [5.74, 6) is -1.16. The van der Waals surface area contributed by atoms with Crippen LogP contribution in [0.25, 0.3) is 0 Å². The molecule has 0 aromatic heterocycles. The number of aliphatic carboxylic acids is 1. The minimum absolute atomic E-state index is 0.167. The van der Waals surface area contributed by atoms with Crippen molar-refractivity contribution >= 4 is 11.9 Å². The number of carboxylic acids is 1. The first-order valence-electron chi connectivity index (χ1n) is 3.34. The minimum atomic E-state index is -0.993. The van der Waals surface area contributed by atoms with Crippen molar-refractivity contribution in [3.8, 4) is 0 Å². The molecular weight excluding hydrogens is 148 g/mol. The van der Waals surface area contributed by atoms with Crippen molar-refractivity contribution in [3.05, 3.63) is 0 Å². The summed E-state index contributed by atoms with van der Waals surface area (Å²) in [6, 6.07) is -0.193. The Morgan fingerprint density at radius 1 is 1.82 bits per heavy atom. The number of amides is 1. The molecular formula is C6H10N2O3. The third-order valence-corrected chi connectivity index (χ3v) is 1.57. The molecule has 1 heterocycles. The minimum Gasteiger partial charge on any atom is -0.480 e. The Morgan fingerprint density at radius 2 is 2.45 bits per heavy atom. The molecule has 0 aromatic rings. The van der Waals surface area contributed by atoms with E-state index in [1.165, 1.54) is 4.90 Å². The maximum Gasteiger partial charge on any atom is 0.323 e. The lowest BCUT2D eigenvalue weighted by Gasteiger charge is -2.11. The molecule has 11 heavy (non-hydrogen) atoms. The Morgan fingerprint density at radius 3 is 2.82 bits per heavy atom. The Labute approximate surface area is 63.8 Å². The number of likely N-dealkylation sites (tertiary alicyclic amines) is 1. The molecule has 0 spiro atoms. The first-order valence-corrected chi connectivity index (χ1v) is 3.34. The van der Waals surface area contributed by atoms with Crippen LogP contribution in [-0.4, -0.2) is 41.0 Å². The van der Waals surface area contributed by atoms with E-state index in [0.717, 1.165) is 0 Å². The predicted molar refractivity (Wildman–Crippen MR) is 36.8 cm³/mol. The Hall–Kier alpha value is -1.10. The quantitative estimate of drug-likeness (QED) is 0.519. The second kappa shape index (κ2) is 2.87. The van der Waals surface area contributed by atoms with Gasteiger partial charge >= 0.3 is 5.97 Å². The fourth-order valence-electron chi connectivity index (χ4n) is 1.12. The lowest BCUT2D eigenvalue weighted by atomic mass is 10.3. The van der Waals surface area contributed by atoms with Crippen molar-refractivity contribution in [1.82, 2.24) is 4.90 Å². The maximum absolute atomic E-state index is 10.9. The van der Waals surface area contributed by atoms with Crippen molar-refractivity contribution < 1.29 is 14.7 Å². The largest absolute Gasteiger partial charge is 0.480 e. The van der Waals surface area contributed by atoms with Crippen LogP contribution in [0, 0.1) is 0 Å². The monoisotopic (exact) mass is 158 g/mol. The number of carboxylic acid groups (broad SMARTS) is 1. The molecule has 1 saturated heterocycles. The molecule has 0 radical (unpaired) electrons. The van der Waals surface area contributed by atoms with Gasteiger partial charge in [-0.3, -0.25) is 9.59 Å². The van der Waals surface area contributed by atoms with Gasteiger partial charge in [0, 0.05) is 19.0 Å². The van der Waals surface area contributed by atoms with E-state index >= 15 is 0 Å². The highest BCUT2D eigenvalue weighted by Gasteiger charge is 2.27. The first-order chi connectivity index (χ1) is 5.09. The van der Waals surface area contributed by atoms with Gasteiger partial charge in [-0.2, -0.15) is 0 Å². The maximum atomic E-state index is 10.9. The molecule has 1 fully saturated rings. The Balaban J connectivity index is 2.47. The van der Waals surface area contributed by atoms with E-state index in [-0.39, 0.29) is 24.9 Å². The SMILES string of the molecule is NC1CC(=O)N(CC(=O)O)C1. The van der Waals surface area contributed by atoms with Crippen LogP contribution in [0.5, 0.6) is 0 Å². The average molecular weight is 158 g/mol. The summed E-state index contributed by atoms with van der Waals surface area (Å²) in [5, 5.41) is 8.34. The molecule has 0 bridgehead atoms. The number of hydrogen-bond donors (Lipinski definition) is 2. The topological polar surface area (TPSA) is 83.6 Å². The van der Waals surface area contributed by atoms with Gasteiger partial charge in [0.15, 0.2) is 0 Å². The molecule has 0 aliphatic carbocycles. The molecule has 1 aliphatic heterocycles. The molecule has 1 atom stereocenters. The molecule has 1 amide bonds. The van der Waals surface area contributed by atoms with E-state index in [0.29, 0.717) is 6.54 Å². The Bertz CT molecular complexity index is 192. The number of carbonyl (C=O) groups excluding carboxylic acids is 1. The van der Waals surface area contributed by atoms with Crippen molar-refractivity contribution in [2.24, 2.45) is 5.73 Å². The van der Waals surface area contributed by atoms with Crippen molar-refractivity contribution in [2.45, 2.75) is 12.5 Å². The summed E-state index contributed by atoms with van der Waals surface area (Å²) < 4.78 is 0. The highest BCUT2D eigenvalue weighted by atomic mass is 16.4. The van der Waals surface area contributed by atoms with Gasteiger partial charge in [-0.25, -0.2) is 0 Å². The van der Waals surface area contributed by atoms with Crippen LogP contribution >= 0.6 is 0 Å². The highest BCUT2D eigenvalue weighted by molar-refractivity contribution is 5.83. The van der Waals surface area contributed by atoms with E-state index in [9.17, 15) is 9.59 Å². The van der Waals surface area contributed by atoms with Gasteiger partial charge in [-0.05, 0) is 0 Å². The van der Waals surface area contributed by atoms with Gasteiger partial charge in [-0.1, -0.05) is 0 Å². The van der Waals surface area contributed by atoms with E-state index in [4.69, 9.17) is 10.8 Å². The van der Waals surface area contributed by atoms with Crippen LogP contribution in [0.1, 0.15) is 6.42 Å². The fraction of sp³-hybridized carbons (Fsp3) is 0.667. The number of hydrogen-bond acceptors (Lipinski definition) is 3. The standard InChI is InChI=1S/C6H10N2O3/c7-4-1-5(9)8(2-4)3-6(10)11/h4H,1-3,7H2,(H,10,11). The lowest BCUT2D eigenvalue weighted by Crippen LogP contribution is -2.32. The summed E-state index contributed by atoms with van der Waals surface area (Å²) in [6.07, 6.45) is 0.271. The van der Waals surface area contributed by atoms with Gasteiger partial charge in [0.05, 0.1) is 0 Å². The third kappa shape index (κ3) is 1.91. The van der Waals surface area contributed by atoms with Crippen molar-refractivity contribution in [3.63, 3.8) is 0 Å². The van der Waals surface area contributed by atoms with Crippen LogP contribution in [0.15, 0.2) is 0 Å². The molecule has 62 valence electrons. The smallest absolute Gasteiger partial charge is 0.323 e. The van der Waals surface area contributed by atoms with Crippen LogP contribution in [0.2, 0.25) is 0 Å².